The van der Waals surface area contributed by atoms with Gasteiger partial charge in [-0.15, -0.1) is 0 Å². The quantitative estimate of drug-likeness (QED) is 0.679. The Kier molecular flexibility index (Phi) is 4.20. The first kappa shape index (κ1) is 16.0. The maximum atomic E-state index is 12.8. The van der Waals surface area contributed by atoms with Gasteiger partial charge in [0.2, 0.25) is 0 Å². The Balaban J connectivity index is 1.91. The minimum Gasteiger partial charge on any atom is -0.325 e. The summed E-state index contributed by atoms with van der Waals surface area (Å²) in [4.78, 5) is 19.2. The first-order valence-electron chi connectivity index (χ1n) is 8.59. The smallest absolute Gasteiger partial charge is 0.256 e. The van der Waals surface area contributed by atoms with Crippen molar-refractivity contribution < 1.29 is 4.79 Å². The van der Waals surface area contributed by atoms with Crippen molar-refractivity contribution >= 4 is 5.91 Å². The number of nitriles is 1. The molecule has 0 saturated heterocycles. The number of hydrogen-bond acceptors (Lipinski definition) is 3. The third-order valence-electron chi connectivity index (χ3n) is 4.63. The average Bonchev–Trinajstić information content (AvgIpc) is 2.71. The van der Waals surface area contributed by atoms with Gasteiger partial charge in [0.15, 0.2) is 0 Å². The highest BCUT2D eigenvalue weighted by molar-refractivity contribution is 5.99. The van der Waals surface area contributed by atoms with Gasteiger partial charge in [-0.3, -0.25) is 9.78 Å². The summed E-state index contributed by atoms with van der Waals surface area (Å²) in [5.41, 5.74) is 5.28. The summed E-state index contributed by atoms with van der Waals surface area (Å²) in [6.45, 7) is 0.644. The van der Waals surface area contributed by atoms with E-state index in [2.05, 4.69) is 6.07 Å². The Morgan fingerprint density at radius 2 is 1.62 bits per heavy atom. The number of nitrogens with zero attached hydrogens (tertiary/aromatic N) is 3. The molecule has 0 N–H and O–H groups in total. The van der Waals surface area contributed by atoms with Crippen LogP contribution in [-0.4, -0.2) is 28.9 Å². The molecule has 0 aliphatic carbocycles. The fraction of sp³-hybridized carbons (Fsp3) is 0.136. The van der Waals surface area contributed by atoms with Crippen molar-refractivity contribution in [3.63, 3.8) is 0 Å². The van der Waals surface area contributed by atoms with Crippen molar-refractivity contribution in [3.8, 4) is 28.5 Å². The molecule has 3 aromatic rings. The molecule has 0 unspecified atom stereocenters. The van der Waals surface area contributed by atoms with Crippen molar-refractivity contribution in [2.75, 3.05) is 13.1 Å². The Morgan fingerprint density at radius 1 is 0.962 bits per heavy atom. The molecule has 1 aliphatic heterocycles. The number of amides is 1. The van der Waals surface area contributed by atoms with Gasteiger partial charge in [-0.2, -0.15) is 5.26 Å². The molecule has 1 amide bonds. The molecule has 0 spiro atoms. The molecule has 1 aromatic heterocycles. The molecule has 2 aromatic carbocycles. The molecule has 0 fully saturated rings. The van der Waals surface area contributed by atoms with Gasteiger partial charge in [-0.25, -0.2) is 0 Å². The van der Waals surface area contributed by atoms with Gasteiger partial charge < -0.3 is 4.90 Å². The van der Waals surface area contributed by atoms with Gasteiger partial charge in [0.25, 0.3) is 5.91 Å². The molecule has 0 radical (unpaired) electrons. The Labute approximate surface area is 152 Å². The summed E-state index contributed by atoms with van der Waals surface area (Å²) in [7, 11) is 0. The number of hydrogen-bond donors (Lipinski definition) is 0. The molecule has 4 heteroatoms. The van der Waals surface area contributed by atoms with Crippen LogP contribution in [0.1, 0.15) is 16.1 Å². The summed E-state index contributed by atoms with van der Waals surface area (Å²) in [6, 6.07) is 24.0. The van der Waals surface area contributed by atoms with Crippen LogP contribution in [0.2, 0.25) is 0 Å². The van der Waals surface area contributed by atoms with E-state index < -0.39 is 0 Å². The fourth-order valence-electron chi connectivity index (χ4n) is 3.33. The van der Waals surface area contributed by atoms with Crippen molar-refractivity contribution in [2.24, 2.45) is 0 Å². The zero-order valence-electron chi connectivity index (χ0n) is 14.2. The lowest BCUT2D eigenvalue weighted by atomic mass is 9.94. The molecule has 0 bridgehead atoms. The van der Waals surface area contributed by atoms with Crippen molar-refractivity contribution in [2.45, 2.75) is 6.42 Å². The number of benzene rings is 2. The minimum absolute atomic E-state index is 0.110. The van der Waals surface area contributed by atoms with Gasteiger partial charge in [-0.05, 0) is 11.6 Å². The fourth-order valence-corrected chi connectivity index (χ4v) is 3.33. The van der Waals surface area contributed by atoms with E-state index in [-0.39, 0.29) is 12.5 Å². The predicted octanol–water partition coefficient (Wildman–Crippen LogP) is 3.94. The van der Waals surface area contributed by atoms with Crippen molar-refractivity contribution in [1.29, 1.82) is 5.26 Å². The summed E-state index contributed by atoms with van der Waals surface area (Å²) in [5, 5.41) is 8.95. The molecule has 26 heavy (non-hydrogen) atoms. The lowest BCUT2D eigenvalue weighted by Crippen LogP contribution is -2.38. The summed E-state index contributed by atoms with van der Waals surface area (Å²) < 4.78 is 0. The third kappa shape index (κ3) is 2.84. The minimum atomic E-state index is -0.114. The topological polar surface area (TPSA) is 57.0 Å². The molecule has 126 valence electrons. The van der Waals surface area contributed by atoms with Gasteiger partial charge >= 0.3 is 0 Å². The maximum Gasteiger partial charge on any atom is 0.256 e. The first-order valence-corrected chi connectivity index (χ1v) is 8.59. The largest absolute Gasteiger partial charge is 0.325 e. The van der Waals surface area contributed by atoms with E-state index in [1.165, 1.54) is 0 Å². The monoisotopic (exact) mass is 339 g/mol. The highest BCUT2D eigenvalue weighted by Gasteiger charge is 2.27. The van der Waals surface area contributed by atoms with Crippen LogP contribution in [0.3, 0.4) is 0 Å². The number of rotatable bonds is 3. The molecule has 0 atom stereocenters. The SMILES string of the molecule is N#CCN1CCc2nc(-c3ccccc3)c(-c3ccccc3)cc2C1=O. The van der Waals surface area contributed by atoms with Crippen LogP contribution in [0.25, 0.3) is 22.4 Å². The van der Waals surface area contributed by atoms with Crippen LogP contribution >= 0.6 is 0 Å². The zero-order valence-corrected chi connectivity index (χ0v) is 14.2. The lowest BCUT2D eigenvalue weighted by Gasteiger charge is -2.27. The van der Waals surface area contributed by atoms with Crippen LogP contribution < -0.4 is 0 Å². The highest BCUT2D eigenvalue weighted by Crippen LogP contribution is 2.33. The second-order valence-electron chi connectivity index (χ2n) is 6.25. The third-order valence-corrected chi connectivity index (χ3v) is 4.63. The van der Waals surface area contributed by atoms with Gasteiger partial charge in [-0.1, -0.05) is 60.7 Å². The number of carbonyl (C=O) groups is 1. The first-order chi connectivity index (χ1) is 12.8. The Morgan fingerprint density at radius 3 is 2.27 bits per heavy atom. The molecule has 4 nitrogen and oxygen atoms in total. The van der Waals surface area contributed by atoms with Crippen molar-refractivity contribution in [1.82, 2.24) is 9.88 Å². The summed E-state index contributed by atoms with van der Waals surface area (Å²) >= 11 is 0. The second-order valence-corrected chi connectivity index (χ2v) is 6.25. The molecule has 1 aliphatic rings. The van der Waals surface area contributed by atoms with E-state index in [0.717, 1.165) is 28.1 Å². The standard InChI is InChI=1S/C22H17N3O/c23-12-14-25-13-11-20-19(22(25)26)15-18(16-7-3-1-4-8-16)21(24-20)17-9-5-2-6-10-17/h1-10,15H,11,13-14H2. The number of aromatic nitrogens is 1. The van der Waals surface area contributed by atoms with E-state index >= 15 is 0 Å². The maximum absolute atomic E-state index is 12.8. The normalized spacial score (nSPS) is 13.2. The van der Waals surface area contributed by atoms with Crippen LogP contribution in [0, 0.1) is 11.3 Å². The van der Waals surface area contributed by atoms with Crippen LogP contribution in [0.15, 0.2) is 66.7 Å². The van der Waals surface area contributed by atoms with Crippen LogP contribution in [0.5, 0.6) is 0 Å². The van der Waals surface area contributed by atoms with Gasteiger partial charge in [0.05, 0.1) is 23.0 Å². The zero-order chi connectivity index (χ0) is 17.9. The predicted molar refractivity (Wildman–Crippen MR) is 100 cm³/mol. The summed E-state index contributed by atoms with van der Waals surface area (Å²) in [5.74, 6) is -0.114. The average molecular weight is 339 g/mol. The highest BCUT2D eigenvalue weighted by atomic mass is 16.2. The van der Waals surface area contributed by atoms with Crippen LogP contribution in [0.4, 0.5) is 0 Å². The van der Waals surface area contributed by atoms with E-state index in [0.29, 0.717) is 18.5 Å². The van der Waals surface area contributed by atoms with E-state index in [4.69, 9.17) is 10.2 Å². The van der Waals surface area contributed by atoms with E-state index in [1.807, 2.05) is 66.7 Å². The number of fused-ring (bicyclic) bond motifs is 1. The second kappa shape index (κ2) is 6.81. The lowest BCUT2D eigenvalue weighted by molar-refractivity contribution is 0.0759. The molecule has 2 heterocycles. The Hall–Kier alpha value is -3.45. The molecule has 4 rings (SSSR count). The molecular formula is C22H17N3O. The number of carbonyl (C=O) groups excluding carboxylic acids is 1. The summed E-state index contributed by atoms with van der Waals surface area (Å²) in [6.07, 6.45) is 0.664. The van der Waals surface area contributed by atoms with E-state index in [1.54, 1.807) is 4.90 Å². The van der Waals surface area contributed by atoms with Gasteiger partial charge in [0, 0.05) is 24.1 Å². The molecular weight excluding hydrogens is 322 g/mol. The van der Waals surface area contributed by atoms with Gasteiger partial charge in [0.1, 0.15) is 6.54 Å². The van der Waals surface area contributed by atoms with E-state index in [9.17, 15) is 4.79 Å². The number of pyridine rings is 1. The Bertz CT molecular complexity index is 991. The van der Waals surface area contributed by atoms with Crippen LogP contribution in [-0.2, 0) is 6.42 Å². The molecule has 0 saturated carbocycles. The van der Waals surface area contributed by atoms with Crippen molar-refractivity contribution in [3.05, 3.63) is 78.0 Å².